The predicted molar refractivity (Wildman–Crippen MR) is 51.5 cm³/mol. The molecule has 2 rings (SSSR count). The van der Waals surface area contributed by atoms with Crippen LogP contribution in [-0.2, 0) is 17.4 Å². The molecule has 0 unspecified atom stereocenters. The van der Waals surface area contributed by atoms with Gasteiger partial charge in [0.2, 0.25) is 0 Å². The minimum Gasteiger partial charge on any atom is -0.198 e. The largest absolute Gasteiger partial charge is 0.198 e. The van der Waals surface area contributed by atoms with Gasteiger partial charge in [-0.1, -0.05) is 37.1 Å². The summed E-state index contributed by atoms with van der Waals surface area (Å²) in [5, 5.41) is 0. The molecule has 0 spiro atoms. The molecule has 0 nitrogen and oxygen atoms in total. The van der Waals surface area contributed by atoms with Crippen LogP contribution in [0.15, 0.2) is 53.7 Å². The fraction of sp³-hybridized carbons (Fsp3) is 0.167. The standard InChI is InChI=1S/C12H11.Cr/c1-2-4-8-11(7-3-1)12-9-5-6-10-12;/h1-5,7,9H,6,8H2;/q-1;. The molecule has 66 valence electrons. The average molecular weight is 207 g/mol. The second kappa shape index (κ2) is 5.07. The SMILES string of the molecule is [C-]1=C(C2=CC=CC=CC2)C=CC1.[Cr]. The van der Waals surface area contributed by atoms with Crippen LogP contribution in [0.3, 0.4) is 0 Å². The third kappa shape index (κ3) is 2.59. The van der Waals surface area contributed by atoms with Gasteiger partial charge in [0, 0.05) is 17.4 Å². The minimum absolute atomic E-state index is 0. The maximum Gasteiger partial charge on any atom is 0 e. The van der Waals surface area contributed by atoms with E-state index in [0.717, 1.165) is 12.8 Å². The van der Waals surface area contributed by atoms with Crippen molar-refractivity contribution < 1.29 is 17.4 Å². The Morgan fingerprint density at radius 3 is 2.77 bits per heavy atom. The van der Waals surface area contributed by atoms with E-state index >= 15 is 0 Å². The van der Waals surface area contributed by atoms with E-state index < -0.39 is 0 Å². The molecular formula is C12H11Cr-. The molecule has 2 aliphatic rings. The van der Waals surface area contributed by atoms with Crippen LogP contribution in [0, 0.1) is 6.08 Å². The Labute approximate surface area is 90.2 Å². The molecule has 0 radical (unpaired) electrons. The summed E-state index contributed by atoms with van der Waals surface area (Å²) in [6.45, 7) is 0. The average Bonchev–Trinajstić information content (AvgIpc) is 2.48. The fourth-order valence-corrected chi connectivity index (χ4v) is 1.40. The van der Waals surface area contributed by atoms with Gasteiger partial charge in [-0.05, 0) is 0 Å². The van der Waals surface area contributed by atoms with Crippen LogP contribution in [0.4, 0.5) is 0 Å². The summed E-state index contributed by atoms with van der Waals surface area (Å²) in [4.78, 5) is 0. The van der Waals surface area contributed by atoms with E-state index in [-0.39, 0.29) is 17.4 Å². The Morgan fingerprint density at radius 1 is 1.08 bits per heavy atom. The van der Waals surface area contributed by atoms with Crippen molar-refractivity contribution in [1.29, 1.82) is 0 Å². The molecule has 0 aromatic carbocycles. The van der Waals surface area contributed by atoms with Crippen LogP contribution in [0.25, 0.3) is 0 Å². The third-order valence-electron chi connectivity index (χ3n) is 2.03. The predicted octanol–water partition coefficient (Wildman–Crippen LogP) is 3.12. The Morgan fingerprint density at radius 2 is 2.00 bits per heavy atom. The van der Waals surface area contributed by atoms with Crippen LogP contribution in [0.2, 0.25) is 0 Å². The molecule has 0 atom stereocenters. The zero-order chi connectivity index (χ0) is 8.23. The number of allylic oxidation sites excluding steroid dienone is 10. The molecule has 1 heteroatoms. The van der Waals surface area contributed by atoms with Crippen molar-refractivity contribution in [3.8, 4) is 0 Å². The summed E-state index contributed by atoms with van der Waals surface area (Å²) in [6.07, 6.45) is 20.2. The van der Waals surface area contributed by atoms with E-state index in [0.29, 0.717) is 0 Å². The maximum absolute atomic E-state index is 3.32. The van der Waals surface area contributed by atoms with E-state index in [4.69, 9.17) is 0 Å². The first-order valence-electron chi connectivity index (χ1n) is 4.27. The van der Waals surface area contributed by atoms with E-state index in [9.17, 15) is 0 Å². The normalized spacial score (nSPS) is 19.1. The maximum atomic E-state index is 3.32. The first kappa shape index (κ1) is 10.3. The summed E-state index contributed by atoms with van der Waals surface area (Å²) < 4.78 is 0. The first-order chi connectivity index (χ1) is 5.97. The van der Waals surface area contributed by atoms with Crippen LogP contribution in [0.1, 0.15) is 12.8 Å². The van der Waals surface area contributed by atoms with Crippen LogP contribution in [-0.4, -0.2) is 0 Å². The van der Waals surface area contributed by atoms with Crippen LogP contribution >= 0.6 is 0 Å². The van der Waals surface area contributed by atoms with Crippen molar-refractivity contribution in [3.05, 3.63) is 59.8 Å². The van der Waals surface area contributed by atoms with Crippen molar-refractivity contribution in [2.24, 2.45) is 0 Å². The summed E-state index contributed by atoms with van der Waals surface area (Å²) in [5.74, 6) is 0. The van der Waals surface area contributed by atoms with E-state index in [1.165, 1.54) is 11.1 Å². The topological polar surface area (TPSA) is 0 Å². The number of rotatable bonds is 1. The van der Waals surface area contributed by atoms with Gasteiger partial charge >= 0.3 is 0 Å². The van der Waals surface area contributed by atoms with Gasteiger partial charge in [-0.15, -0.1) is 17.7 Å². The molecule has 0 aromatic rings. The summed E-state index contributed by atoms with van der Waals surface area (Å²) in [5.41, 5.74) is 2.64. The van der Waals surface area contributed by atoms with Gasteiger partial charge in [-0.25, -0.2) is 0 Å². The van der Waals surface area contributed by atoms with Gasteiger partial charge in [0.25, 0.3) is 0 Å². The molecule has 0 heterocycles. The molecule has 0 saturated heterocycles. The summed E-state index contributed by atoms with van der Waals surface area (Å²) >= 11 is 0. The Hall–Kier alpha value is -0.768. The second-order valence-electron chi connectivity index (χ2n) is 2.91. The zero-order valence-corrected chi connectivity index (χ0v) is 8.64. The summed E-state index contributed by atoms with van der Waals surface area (Å²) in [6, 6.07) is 0. The van der Waals surface area contributed by atoms with Crippen molar-refractivity contribution in [1.82, 2.24) is 0 Å². The van der Waals surface area contributed by atoms with E-state index in [1.54, 1.807) is 0 Å². The molecule has 13 heavy (non-hydrogen) atoms. The van der Waals surface area contributed by atoms with Gasteiger partial charge in [0.1, 0.15) is 0 Å². The molecule has 0 saturated carbocycles. The Kier molecular flexibility index (Phi) is 4.02. The van der Waals surface area contributed by atoms with Crippen molar-refractivity contribution in [2.45, 2.75) is 12.8 Å². The Balaban J connectivity index is 0.000000845. The quantitative estimate of drug-likeness (QED) is 0.579. The van der Waals surface area contributed by atoms with Gasteiger partial charge in [-0.3, -0.25) is 0 Å². The summed E-state index contributed by atoms with van der Waals surface area (Å²) in [7, 11) is 0. The van der Waals surface area contributed by atoms with E-state index in [1.807, 2.05) is 0 Å². The van der Waals surface area contributed by atoms with Crippen LogP contribution in [0.5, 0.6) is 0 Å². The fourth-order valence-electron chi connectivity index (χ4n) is 1.40. The first-order valence-corrected chi connectivity index (χ1v) is 4.27. The van der Waals surface area contributed by atoms with Crippen molar-refractivity contribution >= 4 is 0 Å². The number of hydrogen-bond donors (Lipinski definition) is 0. The van der Waals surface area contributed by atoms with Crippen molar-refractivity contribution in [3.63, 3.8) is 0 Å². The van der Waals surface area contributed by atoms with Gasteiger partial charge in [-0.2, -0.15) is 17.7 Å². The number of hydrogen-bond acceptors (Lipinski definition) is 0. The molecule has 2 aliphatic carbocycles. The molecule has 0 amide bonds. The van der Waals surface area contributed by atoms with Gasteiger partial charge in [0.05, 0.1) is 0 Å². The monoisotopic (exact) mass is 207 g/mol. The zero-order valence-electron chi connectivity index (χ0n) is 7.36. The van der Waals surface area contributed by atoms with E-state index in [2.05, 4.69) is 48.6 Å². The molecule has 0 aliphatic heterocycles. The smallest absolute Gasteiger partial charge is 0 e. The molecule has 0 N–H and O–H groups in total. The molecular weight excluding hydrogens is 196 g/mol. The van der Waals surface area contributed by atoms with Gasteiger partial charge in [0.15, 0.2) is 0 Å². The van der Waals surface area contributed by atoms with Gasteiger partial charge < -0.3 is 0 Å². The molecule has 0 bridgehead atoms. The van der Waals surface area contributed by atoms with Crippen molar-refractivity contribution in [2.75, 3.05) is 0 Å². The minimum atomic E-state index is 0. The molecule has 0 fully saturated rings. The second-order valence-corrected chi connectivity index (χ2v) is 2.91. The Bertz CT molecular complexity index is 314. The molecule has 0 aromatic heterocycles. The van der Waals surface area contributed by atoms with Crippen LogP contribution < -0.4 is 0 Å². The third-order valence-corrected chi connectivity index (χ3v) is 2.03.